The molecule has 0 amide bonds. The molecule has 0 bridgehead atoms. The average Bonchev–Trinajstić information content (AvgIpc) is 2.57. The Labute approximate surface area is 143 Å². The number of rotatable bonds is 18. The van der Waals surface area contributed by atoms with Crippen LogP contribution in [-0.4, -0.2) is 31.0 Å². The summed E-state index contributed by atoms with van der Waals surface area (Å²) in [5, 5.41) is 12.5. The molecule has 0 aromatic heterocycles. The highest BCUT2D eigenvalue weighted by Gasteiger charge is 2.04. The number of unbranched alkanes of at least 4 members (excludes halogenated alkanes) is 8. The molecule has 23 heavy (non-hydrogen) atoms. The van der Waals surface area contributed by atoms with E-state index in [1.54, 1.807) is 0 Å². The van der Waals surface area contributed by atoms with Crippen LogP contribution in [0.3, 0.4) is 0 Å². The fourth-order valence-electron chi connectivity index (χ4n) is 2.54. The van der Waals surface area contributed by atoms with E-state index in [4.69, 9.17) is 16.7 Å². The Morgan fingerprint density at radius 2 is 1.30 bits per heavy atom. The molecule has 0 heterocycles. The van der Waals surface area contributed by atoms with Crippen molar-refractivity contribution in [2.45, 2.75) is 83.2 Å². The predicted molar refractivity (Wildman–Crippen MR) is 99.4 cm³/mol. The van der Waals surface area contributed by atoms with Crippen molar-refractivity contribution >= 4 is 0 Å². The number of nitrogens with two attached hydrogens (primary N) is 2. The molecule has 5 nitrogen and oxygen atoms in total. The summed E-state index contributed by atoms with van der Waals surface area (Å²) < 4.78 is 0. The van der Waals surface area contributed by atoms with Crippen LogP contribution < -0.4 is 22.3 Å². The Kier molecular flexibility index (Phi) is 19.2. The largest absolute Gasteiger partial charge is 0.330 e. The van der Waals surface area contributed by atoms with E-state index in [0.29, 0.717) is 0 Å². The van der Waals surface area contributed by atoms with Crippen molar-refractivity contribution in [1.82, 2.24) is 10.8 Å². The van der Waals surface area contributed by atoms with Gasteiger partial charge in [0.2, 0.25) is 0 Å². The third-order valence-corrected chi connectivity index (χ3v) is 4.03. The van der Waals surface area contributed by atoms with Gasteiger partial charge in [0.15, 0.2) is 0 Å². The first-order valence-corrected chi connectivity index (χ1v) is 9.53. The Bertz CT molecular complexity index is 249. The van der Waals surface area contributed by atoms with Gasteiger partial charge < -0.3 is 22.0 Å². The van der Waals surface area contributed by atoms with E-state index in [-0.39, 0.29) is 6.17 Å². The normalized spacial score (nSPS) is 13.0. The van der Waals surface area contributed by atoms with Gasteiger partial charge in [0.1, 0.15) is 0 Å². The summed E-state index contributed by atoms with van der Waals surface area (Å²) in [6.07, 6.45) is 18.5. The standard InChI is InChI=1S/C18H40N4O/c19-15-11-8-6-4-2-1-3-5-7-10-14-18(22-23)21-17-13-9-12-16-20/h2,4,18,21-23H,1,3,5-17,19-20H2/b4-2-. The van der Waals surface area contributed by atoms with Gasteiger partial charge >= 0.3 is 0 Å². The lowest BCUT2D eigenvalue weighted by molar-refractivity contribution is 0.104. The van der Waals surface area contributed by atoms with E-state index >= 15 is 0 Å². The summed E-state index contributed by atoms with van der Waals surface area (Å²) in [6.45, 7) is 2.51. The molecule has 0 aliphatic rings. The zero-order valence-corrected chi connectivity index (χ0v) is 14.9. The van der Waals surface area contributed by atoms with Crippen LogP contribution in [0.1, 0.15) is 77.0 Å². The van der Waals surface area contributed by atoms with Gasteiger partial charge in [0.05, 0.1) is 6.17 Å². The van der Waals surface area contributed by atoms with Crippen LogP contribution >= 0.6 is 0 Å². The number of allylic oxidation sites excluding steroid dienone is 2. The minimum absolute atomic E-state index is 0.0234. The van der Waals surface area contributed by atoms with Gasteiger partial charge in [-0.25, -0.2) is 0 Å². The van der Waals surface area contributed by atoms with Crippen molar-refractivity contribution < 1.29 is 5.21 Å². The van der Waals surface area contributed by atoms with Crippen LogP contribution in [0.5, 0.6) is 0 Å². The summed E-state index contributed by atoms with van der Waals surface area (Å²) in [5.41, 5.74) is 13.3. The maximum atomic E-state index is 9.14. The molecule has 0 aliphatic carbocycles. The van der Waals surface area contributed by atoms with Gasteiger partial charge in [0, 0.05) is 0 Å². The van der Waals surface area contributed by atoms with Crippen LogP contribution in [0.25, 0.3) is 0 Å². The van der Waals surface area contributed by atoms with Gasteiger partial charge in [-0.05, 0) is 71.0 Å². The van der Waals surface area contributed by atoms with Crippen LogP contribution in [0.4, 0.5) is 0 Å². The molecule has 138 valence electrons. The topological polar surface area (TPSA) is 96.3 Å². The summed E-state index contributed by atoms with van der Waals surface area (Å²) >= 11 is 0. The molecule has 0 saturated heterocycles. The van der Waals surface area contributed by atoms with Crippen molar-refractivity contribution in [3.05, 3.63) is 12.2 Å². The first-order chi connectivity index (χ1) is 11.3. The number of nitrogens with one attached hydrogen (secondary N) is 2. The average molecular weight is 329 g/mol. The first-order valence-electron chi connectivity index (χ1n) is 9.53. The summed E-state index contributed by atoms with van der Waals surface area (Å²) in [4.78, 5) is 0. The zero-order valence-electron chi connectivity index (χ0n) is 14.9. The van der Waals surface area contributed by atoms with E-state index < -0.39 is 0 Å². The fourth-order valence-corrected chi connectivity index (χ4v) is 2.54. The number of hydroxylamine groups is 1. The van der Waals surface area contributed by atoms with Gasteiger partial charge in [-0.3, -0.25) is 0 Å². The Morgan fingerprint density at radius 1 is 0.739 bits per heavy atom. The highest BCUT2D eigenvalue weighted by atomic mass is 16.5. The molecule has 1 atom stereocenters. The van der Waals surface area contributed by atoms with Crippen molar-refractivity contribution in [3.63, 3.8) is 0 Å². The van der Waals surface area contributed by atoms with Crippen LogP contribution in [0, 0.1) is 0 Å². The molecule has 1 unspecified atom stereocenters. The third kappa shape index (κ3) is 17.7. The highest BCUT2D eigenvalue weighted by Crippen LogP contribution is 2.08. The number of hydrogen-bond donors (Lipinski definition) is 5. The summed E-state index contributed by atoms with van der Waals surface area (Å²) in [5.74, 6) is 0. The monoisotopic (exact) mass is 328 g/mol. The molecule has 0 aromatic rings. The molecular formula is C18H40N4O. The fraction of sp³-hybridized carbons (Fsp3) is 0.889. The first kappa shape index (κ1) is 22.5. The molecular weight excluding hydrogens is 288 g/mol. The second-order valence-corrected chi connectivity index (χ2v) is 6.23. The predicted octanol–water partition coefficient (Wildman–Crippen LogP) is 3.04. The van der Waals surface area contributed by atoms with E-state index in [2.05, 4.69) is 22.9 Å². The zero-order chi connectivity index (χ0) is 17.0. The minimum atomic E-state index is 0.0234. The van der Waals surface area contributed by atoms with Crippen molar-refractivity contribution in [2.75, 3.05) is 19.6 Å². The van der Waals surface area contributed by atoms with E-state index in [0.717, 1.165) is 64.6 Å². The third-order valence-electron chi connectivity index (χ3n) is 4.03. The Hall–Kier alpha value is -0.460. The summed E-state index contributed by atoms with van der Waals surface area (Å²) in [7, 11) is 0. The molecule has 0 spiro atoms. The van der Waals surface area contributed by atoms with Gasteiger partial charge in [-0.2, -0.15) is 5.48 Å². The maximum absolute atomic E-state index is 9.14. The molecule has 0 radical (unpaired) electrons. The molecule has 0 rings (SSSR count). The van der Waals surface area contributed by atoms with Gasteiger partial charge in [-0.1, -0.05) is 37.8 Å². The lowest BCUT2D eigenvalue weighted by Gasteiger charge is -2.16. The molecule has 7 N–H and O–H groups in total. The lowest BCUT2D eigenvalue weighted by Crippen LogP contribution is -2.40. The Morgan fingerprint density at radius 3 is 1.96 bits per heavy atom. The lowest BCUT2D eigenvalue weighted by atomic mass is 10.1. The SMILES string of the molecule is NCCCC/C=C\CCCCCCC(NO)NCCCCCN. The number of hydrogen-bond acceptors (Lipinski definition) is 5. The molecule has 0 fully saturated rings. The second kappa shape index (κ2) is 19.6. The quantitative estimate of drug-likeness (QED) is 0.115. The van der Waals surface area contributed by atoms with Crippen LogP contribution in [0.2, 0.25) is 0 Å². The Balaban J connectivity index is 3.33. The molecule has 5 heteroatoms. The highest BCUT2D eigenvalue weighted by molar-refractivity contribution is 4.81. The smallest absolute Gasteiger partial charge is 0.0809 e. The molecule has 0 aromatic carbocycles. The second-order valence-electron chi connectivity index (χ2n) is 6.23. The van der Waals surface area contributed by atoms with Crippen molar-refractivity contribution in [2.24, 2.45) is 11.5 Å². The van der Waals surface area contributed by atoms with Crippen LogP contribution in [-0.2, 0) is 0 Å². The van der Waals surface area contributed by atoms with Crippen molar-refractivity contribution in [1.29, 1.82) is 0 Å². The molecule has 0 aliphatic heterocycles. The van der Waals surface area contributed by atoms with E-state index in [1.807, 2.05) is 0 Å². The van der Waals surface area contributed by atoms with E-state index in [9.17, 15) is 0 Å². The molecule has 0 saturated carbocycles. The maximum Gasteiger partial charge on any atom is 0.0809 e. The minimum Gasteiger partial charge on any atom is -0.330 e. The van der Waals surface area contributed by atoms with Crippen molar-refractivity contribution in [3.8, 4) is 0 Å². The van der Waals surface area contributed by atoms with Gasteiger partial charge in [0.25, 0.3) is 0 Å². The summed E-state index contributed by atoms with van der Waals surface area (Å²) in [6, 6.07) is 0. The van der Waals surface area contributed by atoms with Crippen LogP contribution in [0.15, 0.2) is 12.2 Å². The van der Waals surface area contributed by atoms with Gasteiger partial charge in [-0.15, -0.1) is 0 Å². The van der Waals surface area contributed by atoms with E-state index in [1.165, 1.54) is 32.1 Å².